The standard InChI is InChI=1S/C26H36FN3O4S/c1-5-16-28-26(32)23(6-2)29(19-21-12-9-11-20(3)18-21)25(31)15-10-17-30(35(4,33)34)24-14-8-7-13-22(24)27/h7-9,11-14,18,23H,5-6,10,15-17,19H2,1-4H3,(H,28,32)/t23-/m0/s1. The lowest BCUT2D eigenvalue weighted by Crippen LogP contribution is -2.49. The number of para-hydroxylation sites is 1. The Morgan fingerprint density at radius 1 is 1.09 bits per heavy atom. The van der Waals surface area contributed by atoms with E-state index in [0.717, 1.165) is 28.1 Å². The fourth-order valence-corrected chi connectivity index (χ4v) is 4.90. The van der Waals surface area contributed by atoms with Crippen molar-refractivity contribution in [2.75, 3.05) is 23.7 Å². The summed E-state index contributed by atoms with van der Waals surface area (Å²) in [5.74, 6) is -1.12. The Hall–Kier alpha value is -2.94. The van der Waals surface area contributed by atoms with Crippen molar-refractivity contribution >= 4 is 27.5 Å². The molecule has 0 unspecified atom stereocenters. The van der Waals surface area contributed by atoms with Crippen molar-refractivity contribution in [3.8, 4) is 0 Å². The van der Waals surface area contributed by atoms with Gasteiger partial charge in [-0.2, -0.15) is 0 Å². The van der Waals surface area contributed by atoms with Gasteiger partial charge < -0.3 is 10.2 Å². The molecule has 9 heteroatoms. The van der Waals surface area contributed by atoms with Crippen LogP contribution in [0.5, 0.6) is 0 Å². The quantitative estimate of drug-likeness (QED) is 0.446. The van der Waals surface area contributed by atoms with Crippen LogP contribution in [0.2, 0.25) is 0 Å². The Kier molecular flexibility index (Phi) is 10.7. The van der Waals surface area contributed by atoms with Gasteiger partial charge in [0.1, 0.15) is 11.9 Å². The number of carbonyl (C=O) groups is 2. The molecular weight excluding hydrogens is 469 g/mol. The first kappa shape index (κ1) is 28.3. The number of nitrogens with zero attached hydrogens (tertiary/aromatic N) is 2. The van der Waals surface area contributed by atoms with Gasteiger partial charge in [-0.3, -0.25) is 13.9 Å². The molecule has 2 rings (SSSR count). The van der Waals surface area contributed by atoms with Gasteiger partial charge in [0.2, 0.25) is 21.8 Å². The number of hydrogen-bond donors (Lipinski definition) is 1. The molecule has 0 fully saturated rings. The third-order valence-electron chi connectivity index (χ3n) is 5.64. The second-order valence-corrected chi connectivity index (χ2v) is 10.5. The minimum absolute atomic E-state index is 0.0177. The molecule has 1 N–H and O–H groups in total. The predicted octanol–water partition coefficient (Wildman–Crippen LogP) is 4.01. The number of anilines is 1. The lowest BCUT2D eigenvalue weighted by atomic mass is 10.1. The van der Waals surface area contributed by atoms with E-state index >= 15 is 0 Å². The summed E-state index contributed by atoms with van der Waals surface area (Å²) in [5, 5.41) is 2.88. The molecule has 2 aromatic rings. The molecule has 0 aliphatic rings. The van der Waals surface area contributed by atoms with E-state index < -0.39 is 21.9 Å². The molecule has 0 aliphatic heterocycles. The number of amides is 2. The van der Waals surface area contributed by atoms with E-state index in [1.807, 2.05) is 45.0 Å². The van der Waals surface area contributed by atoms with Crippen LogP contribution in [0.1, 0.15) is 50.7 Å². The first-order chi connectivity index (χ1) is 16.6. The number of sulfonamides is 1. The highest BCUT2D eigenvalue weighted by Crippen LogP contribution is 2.22. The van der Waals surface area contributed by atoms with E-state index in [0.29, 0.717) is 13.0 Å². The number of carbonyl (C=O) groups excluding carboxylic acids is 2. The van der Waals surface area contributed by atoms with Gasteiger partial charge in [0.05, 0.1) is 11.9 Å². The minimum atomic E-state index is -3.75. The normalized spacial score (nSPS) is 12.1. The van der Waals surface area contributed by atoms with Crippen LogP contribution in [-0.4, -0.2) is 50.5 Å². The Labute approximate surface area is 208 Å². The van der Waals surface area contributed by atoms with Crippen LogP contribution in [0.3, 0.4) is 0 Å². The van der Waals surface area contributed by atoms with Crippen molar-refractivity contribution in [3.63, 3.8) is 0 Å². The number of benzene rings is 2. The van der Waals surface area contributed by atoms with Gasteiger partial charge in [-0.05, 0) is 43.9 Å². The summed E-state index contributed by atoms with van der Waals surface area (Å²) in [6.07, 6.45) is 2.43. The predicted molar refractivity (Wildman–Crippen MR) is 137 cm³/mol. The van der Waals surface area contributed by atoms with Crippen LogP contribution >= 0.6 is 0 Å². The van der Waals surface area contributed by atoms with E-state index in [1.54, 1.807) is 11.0 Å². The minimum Gasteiger partial charge on any atom is -0.354 e. The second kappa shape index (κ2) is 13.2. The van der Waals surface area contributed by atoms with Crippen LogP contribution in [0.15, 0.2) is 48.5 Å². The smallest absolute Gasteiger partial charge is 0.242 e. The first-order valence-corrected chi connectivity index (χ1v) is 13.8. The lowest BCUT2D eigenvalue weighted by molar-refractivity contribution is -0.141. The van der Waals surface area contributed by atoms with Gasteiger partial charge in [-0.25, -0.2) is 12.8 Å². The summed E-state index contributed by atoms with van der Waals surface area (Å²) in [6, 6.07) is 12.7. The number of aryl methyl sites for hydroxylation is 1. The SMILES string of the molecule is CCCNC(=O)[C@H](CC)N(Cc1cccc(C)c1)C(=O)CCCN(c1ccccc1F)S(C)(=O)=O. The largest absolute Gasteiger partial charge is 0.354 e. The van der Waals surface area contributed by atoms with Crippen LogP contribution in [0, 0.1) is 12.7 Å². The molecule has 7 nitrogen and oxygen atoms in total. The zero-order valence-corrected chi connectivity index (χ0v) is 21.8. The van der Waals surface area contributed by atoms with Gasteiger partial charge in [0.25, 0.3) is 0 Å². The summed E-state index contributed by atoms with van der Waals surface area (Å²) in [5.41, 5.74) is 1.90. The number of nitrogens with one attached hydrogen (secondary N) is 1. The molecular formula is C26H36FN3O4S. The summed E-state index contributed by atoms with van der Waals surface area (Å²) in [7, 11) is -3.75. The fraction of sp³-hybridized carbons (Fsp3) is 0.462. The molecule has 0 heterocycles. The zero-order valence-electron chi connectivity index (χ0n) is 21.0. The topological polar surface area (TPSA) is 86.8 Å². The van der Waals surface area contributed by atoms with Crippen LogP contribution < -0.4 is 9.62 Å². The Morgan fingerprint density at radius 2 is 1.80 bits per heavy atom. The third kappa shape index (κ3) is 8.35. The molecule has 35 heavy (non-hydrogen) atoms. The molecule has 0 aliphatic carbocycles. The summed E-state index contributed by atoms with van der Waals surface area (Å²) < 4.78 is 39.9. The highest BCUT2D eigenvalue weighted by Gasteiger charge is 2.29. The summed E-state index contributed by atoms with van der Waals surface area (Å²) in [4.78, 5) is 27.8. The average molecular weight is 506 g/mol. The first-order valence-electron chi connectivity index (χ1n) is 11.9. The van der Waals surface area contributed by atoms with Gasteiger partial charge in [0, 0.05) is 26.1 Å². The van der Waals surface area contributed by atoms with Crippen LogP contribution in [0.4, 0.5) is 10.1 Å². The number of hydrogen-bond acceptors (Lipinski definition) is 4. The lowest BCUT2D eigenvalue weighted by Gasteiger charge is -2.31. The summed E-state index contributed by atoms with van der Waals surface area (Å²) >= 11 is 0. The zero-order chi connectivity index (χ0) is 26.0. The molecule has 0 spiro atoms. The van der Waals surface area contributed by atoms with Crippen LogP contribution in [0.25, 0.3) is 0 Å². The maximum absolute atomic E-state index is 14.3. The van der Waals surface area contributed by atoms with Gasteiger partial charge in [0.15, 0.2) is 0 Å². The van der Waals surface area contributed by atoms with Crippen molar-refractivity contribution in [3.05, 3.63) is 65.5 Å². The van der Waals surface area contributed by atoms with Crippen molar-refractivity contribution in [2.24, 2.45) is 0 Å². The van der Waals surface area contributed by atoms with Crippen LogP contribution in [-0.2, 0) is 26.2 Å². The average Bonchev–Trinajstić information content (AvgIpc) is 2.80. The van der Waals surface area contributed by atoms with E-state index in [-0.39, 0.29) is 43.4 Å². The van der Waals surface area contributed by atoms with Crippen molar-refractivity contribution in [2.45, 2.75) is 59.0 Å². The van der Waals surface area contributed by atoms with Crippen molar-refractivity contribution in [1.82, 2.24) is 10.2 Å². The maximum Gasteiger partial charge on any atom is 0.242 e. The van der Waals surface area contributed by atoms with Gasteiger partial charge >= 0.3 is 0 Å². The van der Waals surface area contributed by atoms with E-state index in [4.69, 9.17) is 0 Å². The molecule has 0 saturated carbocycles. The van der Waals surface area contributed by atoms with E-state index in [1.165, 1.54) is 18.2 Å². The molecule has 2 amide bonds. The molecule has 1 atom stereocenters. The van der Waals surface area contributed by atoms with E-state index in [9.17, 15) is 22.4 Å². The van der Waals surface area contributed by atoms with Crippen molar-refractivity contribution < 1.29 is 22.4 Å². The monoisotopic (exact) mass is 505 g/mol. The summed E-state index contributed by atoms with van der Waals surface area (Å²) in [6.45, 7) is 6.51. The molecule has 2 aromatic carbocycles. The van der Waals surface area contributed by atoms with Crippen molar-refractivity contribution in [1.29, 1.82) is 0 Å². The molecule has 0 radical (unpaired) electrons. The molecule has 0 bridgehead atoms. The van der Waals surface area contributed by atoms with Gasteiger partial charge in [-0.15, -0.1) is 0 Å². The Morgan fingerprint density at radius 3 is 2.40 bits per heavy atom. The molecule has 192 valence electrons. The highest BCUT2D eigenvalue weighted by molar-refractivity contribution is 7.92. The van der Waals surface area contributed by atoms with E-state index in [2.05, 4.69) is 5.32 Å². The second-order valence-electron chi connectivity index (χ2n) is 8.62. The number of halogens is 1. The molecule has 0 aromatic heterocycles. The number of rotatable bonds is 13. The Bertz CT molecular complexity index is 1110. The third-order valence-corrected chi connectivity index (χ3v) is 6.82. The molecule has 0 saturated heterocycles. The Balaban J connectivity index is 2.21. The highest BCUT2D eigenvalue weighted by atomic mass is 32.2. The fourth-order valence-electron chi connectivity index (χ4n) is 3.93. The van der Waals surface area contributed by atoms with Gasteiger partial charge in [-0.1, -0.05) is 55.8 Å². The maximum atomic E-state index is 14.3.